The van der Waals surface area contributed by atoms with E-state index in [4.69, 9.17) is 4.74 Å². The minimum atomic E-state index is -0.549. The number of benzene rings is 2. The first-order chi connectivity index (χ1) is 12.9. The molecule has 0 radical (unpaired) electrons. The molecule has 3 aromatic rings. The quantitative estimate of drug-likeness (QED) is 0.530. The maximum atomic E-state index is 12.3. The second kappa shape index (κ2) is 7.69. The van der Waals surface area contributed by atoms with Crippen LogP contribution < -0.4 is 10.1 Å². The Morgan fingerprint density at radius 2 is 2.00 bits per heavy atom. The summed E-state index contributed by atoms with van der Waals surface area (Å²) in [6.07, 6.45) is 1.61. The van der Waals surface area contributed by atoms with Crippen LogP contribution in [0.4, 0.5) is 11.4 Å². The summed E-state index contributed by atoms with van der Waals surface area (Å²) in [5, 5.41) is 17.7. The third-order valence-corrected chi connectivity index (χ3v) is 3.92. The molecule has 0 spiro atoms. The number of carbonyl (C=O) groups excluding carboxylic acids is 1. The minimum absolute atomic E-state index is 0.119. The number of anilines is 1. The molecule has 0 aliphatic heterocycles. The lowest BCUT2D eigenvalue weighted by Gasteiger charge is -2.09. The van der Waals surface area contributed by atoms with Crippen LogP contribution in [0, 0.1) is 24.0 Å². The minimum Gasteiger partial charge on any atom is -0.471 e. The van der Waals surface area contributed by atoms with Gasteiger partial charge in [-0.25, -0.2) is 4.68 Å². The third kappa shape index (κ3) is 4.30. The molecule has 1 N–H and O–H groups in total. The third-order valence-electron chi connectivity index (χ3n) is 3.92. The first kappa shape index (κ1) is 18.1. The molecular formula is C19H18N4O4. The van der Waals surface area contributed by atoms with Gasteiger partial charge >= 0.3 is 0 Å². The zero-order valence-corrected chi connectivity index (χ0v) is 14.9. The molecule has 138 valence electrons. The van der Waals surface area contributed by atoms with E-state index in [1.54, 1.807) is 12.3 Å². The molecule has 1 aromatic heterocycles. The van der Waals surface area contributed by atoms with E-state index in [-0.39, 0.29) is 23.8 Å². The average molecular weight is 366 g/mol. The largest absolute Gasteiger partial charge is 0.471 e. The van der Waals surface area contributed by atoms with Gasteiger partial charge in [0.2, 0.25) is 0 Å². The number of aromatic nitrogens is 2. The van der Waals surface area contributed by atoms with Gasteiger partial charge in [0.15, 0.2) is 12.4 Å². The van der Waals surface area contributed by atoms with Crippen molar-refractivity contribution in [2.24, 2.45) is 0 Å². The Kier molecular flexibility index (Phi) is 5.16. The van der Waals surface area contributed by atoms with Crippen LogP contribution in [-0.2, 0) is 6.73 Å². The monoisotopic (exact) mass is 366 g/mol. The Morgan fingerprint density at radius 3 is 2.78 bits per heavy atom. The van der Waals surface area contributed by atoms with Gasteiger partial charge in [-0.15, -0.1) is 0 Å². The van der Waals surface area contributed by atoms with E-state index in [0.29, 0.717) is 0 Å². The van der Waals surface area contributed by atoms with Gasteiger partial charge in [0.1, 0.15) is 11.4 Å². The summed E-state index contributed by atoms with van der Waals surface area (Å²) in [5.74, 6) is 0.214. The van der Waals surface area contributed by atoms with Gasteiger partial charge in [-0.1, -0.05) is 24.3 Å². The average Bonchev–Trinajstić information content (AvgIpc) is 3.12. The number of aryl methyl sites for hydroxylation is 2. The highest BCUT2D eigenvalue weighted by Crippen LogP contribution is 2.23. The number of amides is 1. The lowest BCUT2D eigenvalue weighted by Crippen LogP contribution is -2.15. The van der Waals surface area contributed by atoms with Gasteiger partial charge in [0.05, 0.1) is 4.92 Å². The van der Waals surface area contributed by atoms with E-state index < -0.39 is 10.8 Å². The zero-order chi connectivity index (χ0) is 19.4. The molecule has 8 heteroatoms. The zero-order valence-electron chi connectivity index (χ0n) is 14.9. The molecule has 0 aliphatic rings. The molecule has 27 heavy (non-hydrogen) atoms. The van der Waals surface area contributed by atoms with Gasteiger partial charge in [-0.05, 0) is 43.2 Å². The fraction of sp³-hybridized carbons (Fsp3) is 0.158. The highest BCUT2D eigenvalue weighted by Gasteiger charge is 2.17. The molecule has 0 aliphatic carbocycles. The van der Waals surface area contributed by atoms with Crippen molar-refractivity contribution in [2.45, 2.75) is 20.6 Å². The first-order valence-electron chi connectivity index (χ1n) is 8.22. The Hall–Kier alpha value is -3.68. The van der Waals surface area contributed by atoms with E-state index in [1.165, 1.54) is 28.9 Å². The summed E-state index contributed by atoms with van der Waals surface area (Å²) in [6, 6.07) is 13.4. The Balaban J connectivity index is 1.68. The van der Waals surface area contributed by atoms with Crippen LogP contribution in [0.1, 0.15) is 21.6 Å². The van der Waals surface area contributed by atoms with Crippen molar-refractivity contribution in [2.75, 3.05) is 5.32 Å². The van der Waals surface area contributed by atoms with E-state index in [1.807, 2.05) is 32.0 Å². The van der Waals surface area contributed by atoms with Crippen LogP contribution >= 0.6 is 0 Å². The molecule has 0 bridgehead atoms. The Bertz CT molecular complexity index is 997. The van der Waals surface area contributed by atoms with Crippen molar-refractivity contribution in [1.29, 1.82) is 0 Å². The van der Waals surface area contributed by atoms with Crippen molar-refractivity contribution in [3.63, 3.8) is 0 Å². The number of carbonyl (C=O) groups is 1. The van der Waals surface area contributed by atoms with Crippen molar-refractivity contribution in [1.82, 2.24) is 9.78 Å². The van der Waals surface area contributed by atoms with Crippen LogP contribution in [0.3, 0.4) is 0 Å². The smallest absolute Gasteiger partial charge is 0.292 e. The maximum Gasteiger partial charge on any atom is 0.292 e. The molecule has 0 atom stereocenters. The summed E-state index contributed by atoms with van der Waals surface area (Å²) >= 11 is 0. The van der Waals surface area contributed by atoms with Crippen LogP contribution in [0.15, 0.2) is 54.7 Å². The topological polar surface area (TPSA) is 99.3 Å². The predicted molar refractivity (Wildman–Crippen MR) is 99.8 cm³/mol. The number of para-hydroxylation sites is 2. The maximum absolute atomic E-state index is 12.3. The fourth-order valence-electron chi connectivity index (χ4n) is 2.48. The fourth-order valence-corrected chi connectivity index (χ4v) is 2.48. The summed E-state index contributed by atoms with van der Waals surface area (Å²) in [4.78, 5) is 22.8. The summed E-state index contributed by atoms with van der Waals surface area (Å²) < 4.78 is 7.23. The normalized spacial score (nSPS) is 10.4. The van der Waals surface area contributed by atoms with Crippen LogP contribution in [0.5, 0.6) is 5.75 Å². The number of nitrogens with one attached hydrogen (secondary N) is 1. The van der Waals surface area contributed by atoms with E-state index in [9.17, 15) is 14.9 Å². The molecule has 0 saturated carbocycles. The number of nitro groups is 1. The van der Waals surface area contributed by atoms with Gasteiger partial charge in [-0.3, -0.25) is 14.9 Å². The summed E-state index contributed by atoms with van der Waals surface area (Å²) in [6.45, 7) is 4.07. The second-order valence-electron chi connectivity index (χ2n) is 6.01. The highest BCUT2D eigenvalue weighted by atomic mass is 16.6. The summed E-state index contributed by atoms with van der Waals surface area (Å²) in [5.41, 5.74) is 2.16. The van der Waals surface area contributed by atoms with Gasteiger partial charge in [-0.2, -0.15) is 5.10 Å². The number of nitrogens with zero attached hydrogens (tertiary/aromatic N) is 3. The molecule has 1 amide bonds. The number of nitro benzene ring substituents is 1. The summed E-state index contributed by atoms with van der Waals surface area (Å²) in [7, 11) is 0. The van der Waals surface area contributed by atoms with Crippen LogP contribution in [0.2, 0.25) is 0 Å². The molecule has 0 saturated heterocycles. The Morgan fingerprint density at radius 1 is 1.22 bits per heavy atom. The van der Waals surface area contributed by atoms with Crippen molar-refractivity contribution < 1.29 is 14.5 Å². The predicted octanol–water partition coefficient (Wildman–Crippen LogP) is 3.70. The van der Waals surface area contributed by atoms with Crippen molar-refractivity contribution in [3.8, 4) is 5.75 Å². The molecule has 1 heterocycles. The van der Waals surface area contributed by atoms with Crippen molar-refractivity contribution >= 4 is 17.3 Å². The van der Waals surface area contributed by atoms with Gasteiger partial charge in [0.25, 0.3) is 11.6 Å². The van der Waals surface area contributed by atoms with E-state index in [2.05, 4.69) is 10.4 Å². The standard InChI is InChI=1S/C19H18N4O4/c1-13-7-8-14(2)18(11-13)27-12-22-10-9-16(21-22)19(24)20-15-5-3-4-6-17(15)23(25)26/h3-11H,12H2,1-2H3,(H,20,24). The first-order valence-corrected chi connectivity index (χ1v) is 8.22. The lowest BCUT2D eigenvalue weighted by molar-refractivity contribution is -0.383. The molecular weight excluding hydrogens is 348 g/mol. The van der Waals surface area contributed by atoms with Crippen LogP contribution in [0.25, 0.3) is 0 Å². The molecule has 3 rings (SSSR count). The number of ether oxygens (including phenoxy) is 1. The molecule has 0 unspecified atom stereocenters. The highest BCUT2D eigenvalue weighted by molar-refractivity contribution is 6.04. The lowest BCUT2D eigenvalue weighted by atomic mass is 10.1. The van der Waals surface area contributed by atoms with E-state index in [0.717, 1.165) is 16.9 Å². The van der Waals surface area contributed by atoms with Gasteiger partial charge < -0.3 is 10.1 Å². The number of rotatable bonds is 6. The Labute approximate surface area is 155 Å². The van der Waals surface area contributed by atoms with Gasteiger partial charge in [0, 0.05) is 12.3 Å². The SMILES string of the molecule is Cc1ccc(C)c(OCn2ccc(C(=O)Nc3ccccc3[N+](=O)[O-])n2)c1. The second-order valence-corrected chi connectivity index (χ2v) is 6.01. The van der Waals surface area contributed by atoms with E-state index >= 15 is 0 Å². The molecule has 8 nitrogen and oxygen atoms in total. The van der Waals surface area contributed by atoms with Crippen LogP contribution in [-0.4, -0.2) is 20.6 Å². The number of hydrogen-bond acceptors (Lipinski definition) is 5. The molecule has 2 aromatic carbocycles. The number of hydrogen-bond donors (Lipinski definition) is 1. The van der Waals surface area contributed by atoms with Crippen molar-refractivity contribution in [3.05, 3.63) is 81.7 Å². The molecule has 0 fully saturated rings.